The van der Waals surface area contributed by atoms with Gasteiger partial charge in [-0.05, 0) is 86.9 Å². The number of amides is 2. The second kappa shape index (κ2) is 14.6. The van der Waals surface area contributed by atoms with Gasteiger partial charge in [-0.2, -0.15) is 0 Å². The number of allylic oxidation sites excluding steroid dienone is 6. The van der Waals surface area contributed by atoms with Crippen LogP contribution in [0.25, 0.3) is 0 Å². The summed E-state index contributed by atoms with van der Waals surface area (Å²) in [4.78, 5) is 65.8. The Hall–Kier alpha value is -3.75. The molecule has 0 bridgehead atoms. The number of rotatable bonds is 12. The summed E-state index contributed by atoms with van der Waals surface area (Å²) < 4.78 is 5.40. The van der Waals surface area contributed by atoms with E-state index < -0.39 is 53.4 Å². The number of ether oxygens (including phenoxy) is 1. The first-order chi connectivity index (χ1) is 22.5. The molecule has 1 aliphatic heterocycles. The lowest BCUT2D eigenvalue weighted by Gasteiger charge is -2.31. The highest BCUT2D eigenvalue weighted by Gasteiger charge is 2.58. The van der Waals surface area contributed by atoms with E-state index in [9.17, 15) is 34.2 Å². The maximum absolute atomic E-state index is 13.7. The predicted molar refractivity (Wildman–Crippen MR) is 175 cm³/mol. The molecule has 47 heavy (non-hydrogen) atoms. The molecule has 4 saturated carbocycles. The predicted octanol–water partition coefficient (Wildman–Crippen LogP) is 5.84. The Labute approximate surface area is 277 Å². The third-order valence-electron chi connectivity index (χ3n) is 11.7. The van der Waals surface area contributed by atoms with Crippen molar-refractivity contribution in [2.45, 2.75) is 70.8 Å². The molecule has 5 rings (SSSR count). The summed E-state index contributed by atoms with van der Waals surface area (Å²) in [5.41, 5.74) is 0.338. The molecule has 0 aromatic heterocycles. The Morgan fingerprint density at radius 3 is 1.85 bits per heavy atom. The van der Waals surface area contributed by atoms with Gasteiger partial charge in [0.15, 0.2) is 0 Å². The van der Waals surface area contributed by atoms with Crippen LogP contribution in [-0.4, -0.2) is 57.5 Å². The summed E-state index contributed by atoms with van der Waals surface area (Å²) in [5, 5.41) is 20.4. The first-order valence-electron chi connectivity index (χ1n) is 17.2. The van der Waals surface area contributed by atoms with Crippen LogP contribution in [0.5, 0.6) is 0 Å². The Morgan fingerprint density at radius 2 is 1.30 bits per heavy atom. The number of esters is 1. The van der Waals surface area contributed by atoms with Gasteiger partial charge in [0.05, 0.1) is 30.3 Å². The molecule has 5 fully saturated rings. The van der Waals surface area contributed by atoms with E-state index in [0.717, 1.165) is 44.9 Å². The van der Waals surface area contributed by atoms with Crippen LogP contribution in [0.2, 0.25) is 0 Å². The van der Waals surface area contributed by atoms with E-state index in [2.05, 4.69) is 19.7 Å². The summed E-state index contributed by atoms with van der Waals surface area (Å²) in [6.07, 6.45) is 18.5. The fraction of sp³-hybridized carbons (Fsp3) is 0.605. The highest BCUT2D eigenvalue weighted by atomic mass is 16.5. The molecule has 2 N–H and O–H groups in total. The van der Waals surface area contributed by atoms with Crippen LogP contribution < -0.4 is 0 Å². The number of nitrogens with zero attached hydrogens (tertiary/aromatic N) is 1. The third-order valence-corrected chi connectivity index (χ3v) is 11.7. The lowest BCUT2D eigenvalue weighted by atomic mass is 9.85. The topological polar surface area (TPSA) is 138 Å². The van der Waals surface area contributed by atoms with E-state index in [1.165, 1.54) is 4.90 Å². The maximum atomic E-state index is 13.7. The number of carbonyl (C=O) groups excluding carboxylic acids is 3. The second-order valence-electron chi connectivity index (χ2n) is 14.5. The molecule has 5 aliphatic rings. The van der Waals surface area contributed by atoms with Gasteiger partial charge >= 0.3 is 17.9 Å². The van der Waals surface area contributed by atoms with Gasteiger partial charge in [0.1, 0.15) is 0 Å². The molecule has 9 nitrogen and oxygen atoms in total. The number of likely N-dealkylation sites (tertiary alicyclic amines) is 1. The fourth-order valence-electron chi connectivity index (χ4n) is 9.32. The van der Waals surface area contributed by atoms with E-state index in [1.807, 2.05) is 30.4 Å². The molecule has 0 spiro atoms. The van der Waals surface area contributed by atoms with Crippen molar-refractivity contribution in [2.75, 3.05) is 6.61 Å². The maximum Gasteiger partial charge on any atom is 0.333 e. The average Bonchev–Trinajstić information content (AvgIpc) is 3.79. The van der Waals surface area contributed by atoms with E-state index in [4.69, 9.17) is 4.74 Å². The van der Waals surface area contributed by atoms with Crippen molar-refractivity contribution < 1.29 is 38.9 Å². The molecule has 2 amide bonds. The van der Waals surface area contributed by atoms with Gasteiger partial charge in [0.25, 0.3) is 0 Å². The zero-order chi connectivity index (χ0) is 34.0. The molecule has 9 heteroatoms. The molecule has 1 saturated heterocycles. The normalized spacial score (nSPS) is 37.5. The fourth-order valence-corrected chi connectivity index (χ4v) is 9.32. The standard InChI is InChI=1S/C38H49NO8/c1-5-23-16-22(17-28(23)20-47-38(46)21(3)4)12-13-26-19-27(33(37(44)45)32(26)36(42)43)15-14-25-18-24(6-2)30-31(25)35(41)39(34(30)40)29-10-8-7-9-11-29/h5-6,12-15,22-33H,1-3,7-11,16-20H2,4H3,(H,42,43)(H,44,45)/b13-12-,15-14-. The summed E-state index contributed by atoms with van der Waals surface area (Å²) in [5.74, 6) is -7.20. The molecule has 0 aromatic rings. The van der Waals surface area contributed by atoms with Crippen molar-refractivity contribution in [3.8, 4) is 0 Å². The highest BCUT2D eigenvalue weighted by molar-refractivity contribution is 6.06. The monoisotopic (exact) mass is 647 g/mol. The van der Waals surface area contributed by atoms with Crippen molar-refractivity contribution >= 4 is 29.7 Å². The Balaban J connectivity index is 1.31. The van der Waals surface area contributed by atoms with Crippen molar-refractivity contribution in [1.29, 1.82) is 0 Å². The van der Waals surface area contributed by atoms with Crippen LogP contribution in [-0.2, 0) is 28.7 Å². The van der Waals surface area contributed by atoms with Gasteiger partial charge in [-0.25, -0.2) is 4.79 Å². The van der Waals surface area contributed by atoms with E-state index >= 15 is 0 Å². The summed E-state index contributed by atoms with van der Waals surface area (Å²) in [6, 6.07) is -0.0530. The van der Waals surface area contributed by atoms with Gasteiger partial charge in [-0.3, -0.25) is 24.1 Å². The van der Waals surface area contributed by atoms with E-state index in [1.54, 1.807) is 13.0 Å². The average molecular weight is 648 g/mol. The van der Waals surface area contributed by atoms with Crippen LogP contribution in [0.15, 0.2) is 61.8 Å². The molecule has 4 aliphatic carbocycles. The number of carbonyl (C=O) groups is 5. The van der Waals surface area contributed by atoms with E-state index in [-0.39, 0.29) is 54.1 Å². The number of carboxylic acids is 2. The van der Waals surface area contributed by atoms with Crippen molar-refractivity contribution in [1.82, 2.24) is 4.90 Å². The molecule has 1 heterocycles. The number of carboxylic acid groups (broad SMARTS) is 2. The molecule has 11 atom stereocenters. The minimum absolute atomic E-state index is 0.0530. The minimum atomic E-state index is -1.15. The van der Waals surface area contributed by atoms with Crippen molar-refractivity contribution in [3.05, 3.63) is 61.8 Å². The smallest absolute Gasteiger partial charge is 0.333 e. The van der Waals surface area contributed by atoms with Gasteiger partial charge in [-0.1, -0.05) is 62.3 Å². The van der Waals surface area contributed by atoms with Crippen molar-refractivity contribution in [3.63, 3.8) is 0 Å². The van der Waals surface area contributed by atoms with Gasteiger partial charge < -0.3 is 14.9 Å². The largest absolute Gasteiger partial charge is 0.481 e. The van der Waals surface area contributed by atoms with Crippen LogP contribution >= 0.6 is 0 Å². The lowest BCUT2D eigenvalue weighted by Crippen LogP contribution is -2.43. The molecular weight excluding hydrogens is 598 g/mol. The Kier molecular flexibility index (Phi) is 10.7. The number of aliphatic carboxylic acids is 2. The van der Waals surface area contributed by atoms with E-state index in [0.29, 0.717) is 18.4 Å². The first-order valence-corrected chi connectivity index (χ1v) is 17.2. The third kappa shape index (κ3) is 6.95. The number of hydrogen-bond donors (Lipinski definition) is 2. The summed E-state index contributed by atoms with van der Waals surface area (Å²) in [7, 11) is 0. The molecule has 0 aromatic carbocycles. The minimum Gasteiger partial charge on any atom is -0.481 e. The van der Waals surface area contributed by atoms with Crippen molar-refractivity contribution in [2.24, 2.45) is 65.1 Å². The SMILES string of the molecule is C=CC1CC(/C=C\C2CC(/C=C\C3CC(C=C)C4C(=O)N(C5CCCCC5)C(=O)C34)C(C(=O)O)C2C(=O)O)CC1COC(=O)C(=C)C. The Morgan fingerprint density at radius 1 is 0.766 bits per heavy atom. The van der Waals surface area contributed by atoms with Gasteiger partial charge in [0, 0.05) is 11.6 Å². The summed E-state index contributed by atoms with van der Waals surface area (Å²) >= 11 is 0. The first kappa shape index (κ1) is 34.6. The Bertz CT molecular complexity index is 1360. The second-order valence-corrected chi connectivity index (χ2v) is 14.5. The van der Waals surface area contributed by atoms with Crippen LogP contribution in [0.3, 0.4) is 0 Å². The molecular formula is C38H49NO8. The number of hydrogen-bond acceptors (Lipinski definition) is 6. The van der Waals surface area contributed by atoms with Crippen LogP contribution in [0.1, 0.15) is 64.7 Å². The lowest BCUT2D eigenvalue weighted by molar-refractivity contribution is -0.153. The van der Waals surface area contributed by atoms with Gasteiger partial charge in [0.2, 0.25) is 11.8 Å². The number of imide groups is 1. The summed E-state index contributed by atoms with van der Waals surface area (Å²) in [6.45, 7) is 13.4. The molecule has 254 valence electrons. The number of fused-ring (bicyclic) bond motifs is 1. The zero-order valence-corrected chi connectivity index (χ0v) is 27.4. The molecule has 0 radical (unpaired) electrons. The van der Waals surface area contributed by atoms with Crippen LogP contribution in [0, 0.1) is 65.1 Å². The quantitative estimate of drug-likeness (QED) is 0.117. The highest BCUT2D eigenvalue weighted by Crippen LogP contribution is 2.51. The molecule has 11 unspecified atom stereocenters. The van der Waals surface area contributed by atoms with Crippen LogP contribution in [0.4, 0.5) is 0 Å². The van der Waals surface area contributed by atoms with Gasteiger partial charge in [-0.15, -0.1) is 13.2 Å². The zero-order valence-electron chi connectivity index (χ0n) is 27.4.